The number of ether oxygens (including phenoxy) is 2. The van der Waals surface area contributed by atoms with Gasteiger partial charge in [-0.2, -0.15) is 23.9 Å². The summed E-state index contributed by atoms with van der Waals surface area (Å²) in [6.45, 7) is 3.94. The van der Waals surface area contributed by atoms with Crippen molar-refractivity contribution in [2.75, 3.05) is 20.0 Å². The molecule has 2 rings (SSSR count). The fraction of sp³-hybridized carbons (Fsp3) is 0.308. The Bertz CT molecular complexity index is 679. The van der Waals surface area contributed by atoms with Gasteiger partial charge >= 0.3 is 12.0 Å². The summed E-state index contributed by atoms with van der Waals surface area (Å²) in [4.78, 5) is 12.4. The molecule has 1 aromatic heterocycles. The molecule has 0 atom stereocenters. The van der Waals surface area contributed by atoms with Crippen LogP contribution in [-0.4, -0.2) is 33.8 Å². The van der Waals surface area contributed by atoms with Crippen LogP contribution in [0.25, 0.3) is 11.4 Å². The Morgan fingerprint density at radius 3 is 1.83 bits per heavy atom. The Hall–Kier alpha value is -2.24. The van der Waals surface area contributed by atoms with E-state index >= 15 is 0 Å². The van der Waals surface area contributed by atoms with Crippen LogP contribution in [-0.2, 0) is 0 Å². The topological polar surface area (TPSA) is 173 Å². The number of benzene rings is 1. The zero-order valence-corrected chi connectivity index (χ0v) is 14.2. The molecule has 0 fully saturated rings. The smallest absolute Gasteiger partial charge is 0.322 e. The maximum atomic E-state index is 8.60. The lowest BCUT2D eigenvalue weighted by atomic mass is 10.0. The second-order valence-electron chi connectivity index (χ2n) is 4.48. The number of aromatic nitrogens is 3. The normalized spacial score (nSPS) is 10.7. The predicted octanol–water partition coefficient (Wildman–Crippen LogP) is -2.37. The van der Waals surface area contributed by atoms with E-state index < -0.39 is 10.2 Å². The van der Waals surface area contributed by atoms with Gasteiger partial charge in [-0.05, 0) is 37.1 Å². The number of nitrogen functional groups attached to an aromatic ring is 1. The maximum Gasteiger partial charge on any atom is 0.322 e. The van der Waals surface area contributed by atoms with Gasteiger partial charge in [0.1, 0.15) is 0 Å². The third-order valence-electron chi connectivity index (χ3n) is 3.03. The standard InChI is InChI=1S/C13H16N4O2.ClHO4/c1-7-8(2)10(14)6-5-9(7)11-15-12(18-3)17-13(16-11)19-4;2-1(3,4)5/h5-6H,14H2,1-4H3;(H,2,3,4,5). The van der Waals surface area contributed by atoms with E-state index in [9.17, 15) is 0 Å². The summed E-state index contributed by atoms with van der Waals surface area (Å²) in [7, 11) is -1.70. The molecule has 0 aliphatic heterocycles. The van der Waals surface area contributed by atoms with Gasteiger partial charge in [0.25, 0.3) is 0 Å². The Morgan fingerprint density at radius 1 is 0.958 bits per heavy atom. The van der Waals surface area contributed by atoms with Crippen LogP contribution < -0.4 is 29.2 Å². The van der Waals surface area contributed by atoms with Crippen LogP contribution in [0, 0.1) is 24.1 Å². The summed E-state index contributed by atoms with van der Waals surface area (Å²) in [6.07, 6.45) is 0. The first-order valence-corrected chi connectivity index (χ1v) is 7.66. The first-order chi connectivity index (χ1) is 11.1. The summed E-state index contributed by atoms with van der Waals surface area (Å²) in [5.74, 6) is 0.504. The van der Waals surface area contributed by atoms with Crippen molar-refractivity contribution in [3.8, 4) is 23.4 Å². The third kappa shape index (κ3) is 5.76. The first kappa shape index (κ1) is 19.8. The van der Waals surface area contributed by atoms with Crippen molar-refractivity contribution in [3.63, 3.8) is 0 Å². The molecule has 0 bridgehead atoms. The highest BCUT2D eigenvalue weighted by Gasteiger charge is 2.13. The molecule has 0 aliphatic rings. The average Bonchev–Trinajstić information content (AvgIpc) is 2.50. The molecule has 11 heteroatoms. The lowest BCUT2D eigenvalue weighted by Gasteiger charge is -2.11. The van der Waals surface area contributed by atoms with Gasteiger partial charge in [0, 0.05) is 11.3 Å². The van der Waals surface area contributed by atoms with Gasteiger partial charge in [-0.3, -0.25) is 0 Å². The Kier molecular flexibility index (Phi) is 6.63. The van der Waals surface area contributed by atoms with E-state index in [1.165, 1.54) is 14.2 Å². The molecule has 10 nitrogen and oxygen atoms in total. The second-order valence-corrected chi connectivity index (χ2v) is 5.27. The van der Waals surface area contributed by atoms with Gasteiger partial charge in [0.15, 0.2) is 5.82 Å². The molecule has 1 heterocycles. The summed E-state index contributed by atoms with van der Waals surface area (Å²) in [5.41, 5.74) is 9.54. The van der Waals surface area contributed by atoms with Crippen LogP contribution in [0.1, 0.15) is 11.1 Å². The predicted molar refractivity (Wildman–Crippen MR) is 74.5 cm³/mol. The molecule has 0 spiro atoms. The number of halogens is 1. The lowest BCUT2D eigenvalue weighted by molar-refractivity contribution is -1.92. The summed E-state index contributed by atoms with van der Waals surface area (Å²) in [6, 6.07) is 4.15. The molecule has 0 saturated carbocycles. The van der Waals surface area contributed by atoms with E-state index in [-0.39, 0.29) is 12.0 Å². The molecule has 0 aliphatic carbocycles. The zero-order valence-electron chi connectivity index (χ0n) is 13.4. The minimum absolute atomic E-state index is 0.218. The van der Waals surface area contributed by atoms with Crippen molar-refractivity contribution >= 4 is 5.69 Å². The van der Waals surface area contributed by atoms with E-state index in [1.807, 2.05) is 26.0 Å². The Labute approximate surface area is 140 Å². The van der Waals surface area contributed by atoms with Crippen LogP contribution in [0.5, 0.6) is 12.0 Å². The van der Waals surface area contributed by atoms with Gasteiger partial charge in [0.2, 0.25) is 0 Å². The fourth-order valence-corrected chi connectivity index (χ4v) is 1.72. The summed E-state index contributed by atoms with van der Waals surface area (Å²) >= 11 is 0. The number of methoxy groups -OCH3 is 2. The largest absolute Gasteiger partial charge is 0.467 e. The number of nitrogens with two attached hydrogens (primary N) is 1. The highest BCUT2D eigenvalue weighted by atomic mass is 35.7. The second kappa shape index (κ2) is 8.04. The number of hydrogen-bond acceptors (Lipinski definition) is 10. The molecule has 3 N–H and O–H groups in total. The molecule has 0 saturated heterocycles. The van der Waals surface area contributed by atoms with Crippen LogP contribution in [0.15, 0.2) is 12.1 Å². The fourth-order valence-electron chi connectivity index (χ4n) is 1.72. The molecule has 1 aromatic carbocycles. The van der Waals surface area contributed by atoms with E-state index in [0.29, 0.717) is 5.82 Å². The van der Waals surface area contributed by atoms with Crippen LogP contribution >= 0.6 is 0 Å². The monoisotopic (exact) mass is 360 g/mol. The van der Waals surface area contributed by atoms with Crippen molar-refractivity contribution < 1.29 is 38.4 Å². The van der Waals surface area contributed by atoms with Crippen LogP contribution in [0.3, 0.4) is 0 Å². The molecule has 132 valence electrons. The number of nitrogens with zero attached hydrogens (tertiary/aromatic N) is 3. The molecule has 0 unspecified atom stereocenters. The van der Waals surface area contributed by atoms with Crippen molar-refractivity contribution in [2.45, 2.75) is 13.8 Å². The lowest BCUT2D eigenvalue weighted by Crippen LogP contribution is -2.58. The number of hydrogen-bond donors (Lipinski definition) is 2. The quantitative estimate of drug-likeness (QED) is 0.563. The zero-order chi connectivity index (χ0) is 18.5. The van der Waals surface area contributed by atoms with E-state index in [4.69, 9.17) is 33.8 Å². The van der Waals surface area contributed by atoms with Crippen LogP contribution in [0.4, 0.5) is 5.69 Å². The number of anilines is 1. The van der Waals surface area contributed by atoms with E-state index in [0.717, 1.165) is 22.4 Å². The molecule has 24 heavy (non-hydrogen) atoms. The Balaban J connectivity index is 0.000000505. The number of rotatable bonds is 3. The van der Waals surface area contributed by atoms with E-state index in [2.05, 4.69) is 15.0 Å². The van der Waals surface area contributed by atoms with Gasteiger partial charge in [0.05, 0.1) is 29.1 Å². The third-order valence-corrected chi connectivity index (χ3v) is 3.03. The average molecular weight is 361 g/mol. The summed E-state index contributed by atoms with van der Waals surface area (Å²) < 4.78 is 42.8. The molecular formula is C13H17ClN4O6. The van der Waals surface area contributed by atoms with Gasteiger partial charge in [-0.15, -0.1) is 4.98 Å². The summed E-state index contributed by atoms with van der Waals surface area (Å²) in [5, 5.41) is 0. The van der Waals surface area contributed by atoms with Crippen molar-refractivity contribution in [1.82, 2.24) is 15.0 Å². The molecular weight excluding hydrogens is 344 g/mol. The van der Waals surface area contributed by atoms with E-state index in [1.54, 1.807) is 0 Å². The minimum atomic E-state index is -4.69. The highest BCUT2D eigenvalue weighted by Crippen LogP contribution is 2.27. The Morgan fingerprint density at radius 2 is 1.42 bits per heavy atom. The molecule has 0 radical (unpaired) electrons. The maximum absolute atomic E-state index is 8.60. The van der Waals surface area contributed by atoms with Gasteiger partial charge < -0.3 is 15.2 Å². The SMILES string of the molecule is COc1nc(OC)nc(-c2ccc(N)c(C)c2C)n1.[O-][Cl+3]([O-])([O-])O. The van der Waals surface area contributed by atoms with Gasteiger partial charge in [-0.25, -0.2) is 0 Å². The highest BCUT2D eigenvalue weighted by molar-refractivity contribution is 5.67. The minimum Gasteiger partial charge on any atom is -0.467 e. The van der Waals surface area contributed by atoms with Crippen molar-refractivity contribution in [1.29, 1.82) is 0 Å². The van der Waals surface area contributed by atoms with Crippen molar-refractivity contribution in [3.05, 3.63) is 23.3 Å². The van der Waals surface area contributed by atoms with Crippen LogP contribution in [0.2, 0.25) is 0 Å². The van der Waals surface area contributed by atoms with Crippen molar-refractivity contribution in [2.24, 2.45) is 0 Å². The molecule has 0 amide bonds. The van der Waals surface area contributed by atoms with Gasteiger partial charge in [-0.1, -0.05) is 0 Å². The molecule has 2 aromatic rings. The first-order valence-electron chi connectivity index (χ1n) is 6.40.